The number of aryl methyl sites for hydroxylation is 1. The van der Waals surface area contributed by atoms with E-state index in [9.17, 15) is 4.39 Å². The molecule has 1 unspecified atom stereocenters. The molecule has 0 spiro atoms. The molecule has 0 aliphatic heterocycles. The summed E-state index contributed by atoms with van der Waals surface area (Å²) < 4.78 is 14.0. The maximum atomic E-state index is 14.0. The molecule has 1 aliphatic rings. The van der Waals surface area contributed by atoms with Crippen LogP contribution in [0, 0.1) is 0 Å². The highest BCUT2D eigenvalue weighted by molar-refractivity contribution is 7.10. The fourth-order valence-corrected chi connectivity index (χ4v) is 2.82. The number of nitrogens with two attached hydrogens (primary N) is 1. The van der Waals surface area contributed by atoms with E-state index in [1.54, 1.807) is 11.3 Å². The molecule has 0 amide bonds. The van der Waals surface area contributed by atoms with Crippen molar-refractivity contribution in [1.29, 1.82) is 0 Å². The molecule has 0 saturated carbocycles. The Bertz CT molecular complexity index is 284. The van der Waals surface area contributed by atoms with E-state index in [4.69, 9.17) is 5.73 Å². The van der Waals surface area contributed by atoms with Crippen molar-refractivity contribution in [1.82, 2.24) is 0 Å². The van der Waals surface area contributed by atoms with E-state index in [2.05, 4.69) is 0 Å². The quantitative estimate of drug-likeness (QED) is 0.713. The molecule has 66 valence electrons. The first-order chi connectivity index (χ1) is 5.76. The lowest BCUT2D eigenvalue weighted by atomic mass is 9.85. The van der Waals surface area contributed by atoms with Gasteiger partial charge in [0.2, 0.25) is 0 Å². The van der Waals surface area contributed by atoms with Crippen LogP contribution in [0.2, 0.25) is 0 Å². The maximum Gasteiger partial charge on any atom is 0.149 e. The normalized spacial score (nSPS) is 28.5. The summed E-state index contributed by atoms with van der Waals surface area (Å²) in [6.45, 7) is 0.122. The zero-order chi connectivity index (χ0) is 8.60. The first-order valence-electron chi connectivity index (χ1n) is 4.22. The van der Waals surface area contributed by atoms with Crippen molar-refractivity contribution < 1.29 is 4.39 Å². The predicted octanol–water partition coefficient (Wildman–Crippen LogP) is 2.21. The van der Waals surface area contributed by atoms with Crippen LogP contribution in [0.25, 0.3) is 0 Å². The third-order valence-electron chi connectivity index (χ3n) is 2.53. The Kier molecular flexibility index (Phi) is 1.93. The predicted molar refractivity (Wildman–Crippen MR) is 49.1 cm³/mol. The van der Waals surface area contributed by atoms with Crippen LogP contribution < -0.4 is 5.73 Å². The van der Waals surface area contributed by atoms with Crippen molar-refractivity contribution >= 4 is 11.3 Å². The highest BCUT2D eigenvalue weighted by Gasteiger charge is 2.35. The third-order valence-corrected chi connectivity index (χ3v) is 3.51. The Morgan fingerprint density at radius 2 is 2.50 bits per heavy atom. The molecular weight excluding hydrogens is 173 g/mol. The Labute approximate surface area is 75.4 Å². The molecular formula is C9H12FNS. The van der Waals surface area contributed by atoms with Crippen LogP contribution in [-0.2, 0) is 12.1 Å². The number of thiophene rings is 1. The monoisotopic (exact) mass is 185 g/mol. The van der Waals surface area contributed by atoms with Gasteiger partial charge < -0.3 is 5.73 Å². The third kappa shape index (κ3) is 1.08. The minimum absolute atomic E-state index is 0.122. The van der Waals surface area contributed by atoms with Gasteiger partial charge in [0, 0.05) is 17.0 Å². The van der Waals surface area contributed by atoms with Crippen molar-refractivity contribution in [2.24, 2.45) is 5.73 Å². The van der Waals surface area contributed by atoms with Gasteiger partial charge in [-0.1, -0.05) is 0 Å². The SMILES string of the molecule is NCC1(F)CCCc2sccc21. The molecule has 0 saturated heterocycles. The molecule has 1 aromatic heterocycles. The van der Waals surface area contributed by atoms with Gasteiger partial charge in [0.25, 0.3) is 0 Å². The molecule has 0 aromatic carbocycles. The van der Waals surface area contributed by atoms with Crippen LogP contribution in [0.3, 0.4) is 0 Å². The second-order valence-electron chi connectivity index (χ2n) is 3.28. The van der Waals surface area contributed by atoms with E-state index in [-0.39, 0.29) is 6.54 Å². The van der Waals surface area contributed by atoms with Crippen molar-refractivity contribution in [3.05, 3.63) is 21.9 Å². The number of rotatable bonds is 1. The lowest BCUT2D eigenvalue weighted by Crippen LogP contribution is -2.33. The molecule has 1 aliphatic carbocycles. The molecule has 2 rings (SSSR count). The summed E-state index contributed by atoms with van der Waals surface area (Å²) in [6.07, 6.45) is 2.55. The lowest BCUT2D eigenvalue weighted by Gasteiger charge is -2.28. The summed E-state index contributed by atoms with van der Waals surface area (Å²) in [6, 6.07) is 1.88. The molecule has 0 bridgehead atoms. The summed E-state index contributed by atoms with van der Waals surface area (Å²) in [4.78, 5) is 1.19. The molecule has 1 atom stereocenters. The Morgan fingerprint density at radius 1 is 1.67 bits per heavy atom. The first-order valence-corrected chi connectivity index (χ1v) is 5.10. The highest BCUT2D eigenvalue weighted by atomic mass is 32.1. The van der Waals surface area contributed by atoms with Crippen molar-refractivity contribution in [3.8, 4) is 0 Å². The molecule has 3 heteroatoms. The summed E-state index contributed by atoms with van der Waals surface area (Å²) in [7, 11) is 0. The number of alkyl halides is 1. The van der Waals surface area contributed by atoms with Crippen LogP contribution in [0.4, 0.5) is 4.39 Å². The Balaban J connectivity index is 2.44. The Hall–Kier alpha value is -0.410. The van der Waals surface area contributed by atoms with Crippen LogP contribution in [-0.4, -0.2) is 6.54 Å². The second kappa shape index (κ2) is 2.82. The average Bonchev–Trinajstić information content (AvgIpc) is 2.54. The topological polar surface area (TPSA) is 26.0 Å². The number of halogens is 1. The van der Waals surface area contributed by atoms with Crippen molar-refractivity contribution in [3.63, 3.8) is 0 Å². The highest BCUT2D eigenvalue weighted by Crippen LogP contribution is 2.40. The maximum absolute atomic E-state index is 14.0. The van der Waals surface area contributed by atoms with Gasteiger partial charge >= 0.3 is 0 Å². The van der Waals surface area contributed by atoms with Gasteiger partial charge in [-0.2, -0.15) is 0 Å². The summed E-state index contributed by atoms with van der Waals surface area (Å²) in [5, 5.41) is 1.96. The van der Waals surface area contributed by atoms with Crippen LogP contribution in [0.15, 0.2) is 11.4 Å². The van der Waals surface area contributed by atoms with E-state index in [1.165, 1.54) is 4.88 Å². The van der Waals surface area contributed by atoms with E-state index in [1.807, 2.05) is 11.4 Å². The summed E-state index contributed by atoms with van der Waals surface area (Å²) >= 11 is 1.65. The molecule has 1 aromatic rings. The molecule has 0 radical (unpaired) electrons. The summed E-state index contributed by atoms with van der Waals surface area (Å²) in [5.74, 6) is 0. The molecule has 1 nitrogen and oxygen atoms in total. The average molecular weight is 185 g/mol. The largest absolute Gasteiger partial charge is 0.327 e. The summed E-state index contributed by atoms with van der Waals surface area (Å²) in [5.41, 5.74) is 5.06. The van der Waals surface area contributed by atoms with Gasteiger partial charge in [-0.05, 0) is 30.7 Å². The van der Waals surface area contributed by atoms with E-state index in [0.717, 1.165) is 18.4 Å². The minimum Gasteiger partial charge on any atom is -0.327 e. The molecule has 1 heterocycles. The number of hydrogen-bond acceptors (Lipinski definition) is 2. The minimum atomic E-state index is -1.23. The van der Waals surface area contributed by atoms with Gasteiger partial charge in [0.05, 0.1) is 0 Å². The van der Waals surface area contributed by atoms with Crippen LogP contribution >= 0.6 is 11.3 Å². The standard InChI is InChI=1S/C9H12FNS/c10-9(6-11)4-1-2-8-7(9)3-5-12-8/h3,5H,1-2,4,6,11H2. The van der Waals surface area contributed by atoms with Crippen LogP contribution in [0.1, 0.15) is 23.3 Å². The molecule has 2 N–H and O–H groups in total. The Morgan fingerprint density at radius 3 is 3.25 bits per heavy atom. The molecule has 12 heavy (non-hydrogen) atoms. The molecule has 0 fully saturated rings. The second-order valence-corrected chi connectivity index (χ2v) is 4.28. The van der Waals surface area contributed by atoms with Gasteiger partial charge in [0.15, 0.2) is 0 Å². The zero-order valence-corrected chi connectivity index (χ0v) is 7.66. The first kappa shape index (κ1) is 8.20. The van der Waals surface area contributed by atoms with Crippen molar-refractivity contribution in [2.75, 3.05) is 6.54 Å². The van der Waals surface area contributed by atoms with Gasteiger partial charge in [-0.15, -0.1) is 11.3 Å². The van der Waals surface area contributed by atoms with E-state index >= 15 is 0 Å². The van der Waals surface area contributed by atoms with Crippen LogP contribution in [0.5, 0.6) is 0 Å². The fourth-order valence-electron chi connectivity index (χ4n) is 1.81. The van der Waals surface area contributed by atoms with Gasteiger partial charge in [-0.25, -0.2) is 4.39 Å². The zero-order valence-electron chi connectivity index (χ0n) is 6.85. The lowest BCUT2D eigenvalue weighted by molar-refractivity contribution is 0.148. The van der Waals surface area contributed by atoms with Crippen molar-refractivity contribution in [2.45, 2.75) is 24.9 Å². The van der Waals surface area contributed by atoms with Gasteiger partial charge in [0.1, 0.15) is 5.67 Å². The fraction of sp³-hybridized carbons (Fsp3) is 0.556. The number of fused-ring (bicyclic) bond motifs is 1. The van der Waals surface area contributed by atoms with E-state index in [0.29, 0.717) is 6.42 Å². The van der Waals surface area contributed by atoms with E-state index < -0.39 is 5.67 Å². The number of hydrogen-bond donors (Lipinski definition) is 1. The smallest absolute Gasteiger partial charge is 0.149 e. The van der Waals surface area contributed by atoms with Gasteiger partial charge in [-0.3, -0.25) is 0 Å².